The van der Waals surface area contributed by atoms with Crippen molar-refractivity contribution in [2.24, 2.45) is 0 Å². The number of hydroxylamine groups is 1. The Morgan fingerprint density at radius 3 is 2.65 bits per heavy atom. The summed E-state index contributed by atoms with van der Waals surface area (Å²) >= 11 is 0. The van der Waals surface area contributed by atoms with Crippen LogP contribution in [0.1, 0.15) is 65.2 Å². The van der Waals surface area contributed by atoms with Gasteiger partial charge in [0.1, 0.15) is 5.69 Å². The number of hydrogen-bond acceptors (Lipinski definition) is 5. The molecule has 0 spiro atoms. The van der Waals surface area contributed by atoms with Gasteiger partial charge in [-0.1, -0.05) is 0 Å². The summed E-state index contributed by atoms with van der Waals surface area (Å²) in [5, 5.41) is 0. The van der Waals surface area contributed by atoms with Gasteiger partial charge in [0, 0.05) is 18.7 Å². The maximum atomic E-state index is 12.2. The average molecular weight is 324 g/mol. The van der Waals surface area contributed by atoms with Crippen LogP contribution >= 0.6 is 0 Å². The van der Waals surface area contributed by atoms with E-state index in [9.17, 15) is 9.59 Å². The summed E-state index contributed by atoms with van der Waals surface area (Å²) in [4.78, 5) is 32.5. The minimum atomic E-state index is -0.443. The number of ether oxygens (including phenoxy) is 2. The first kappa shape index (κ1) is 17.5. The van der Waals surface area contributed by atoms with Crippen LogP contribution in [-0.2, 0) is 14.3 Å². The molecule has 0 unspecified atom stereocenters. The van der Waals surface area contributed by atoms with Crippen molar-refractivity contribution in [3.63, 3.8) is 0 Å². The van der Waals surface area contributed by atoms with Gasteiger partial charge < -0.3 is 14.5 Å². The standard InChI is InChI=1S/C16H24N2O5/c1-9(2)22-16(20)13-10(3)14(17-11(13)4)15(19)18-23-12-7-5-6-8-21-12/h9,12,17H,5-8H2,1-4H3,(H,18,19)/t12-/m0/s1. The van der Waals surface area contributed by atoms with Crippen LogP contribution in [0, 0.1) is 13.8 Å². The number of rotatable bonds is 5. The first-order chi connectivity index (χ1) is 10.9. The van der Waals surface area contributed by atoms with Crippen LogP contribution < -0.4 is 5.48 Å². The molecule has 1 saturated heterocycles. The summed E-state index contributed by atoms with van der Waals surface area (Å²) in [5.41, 5.74) is 4.19. The van der Waals surface area contributed by atoms with Gasteiger partial charge in [-0.05, 0) is 46.1 Å². The minimum absolute atomic E-state index is 0.222. The predicted molar refractivity (Wildman–Crippen MR) is 83.0 cm³/mol. The second-order valence-corrected chi connectivity index (χ2v) is 5.92. The lowest BCUT2D eigenvalue weighted by molar-refractivity contribution is -0.186. The molecule has 0 bridgehead atoms. The second kappa shape index (κ2) is 7.61. The Morgan fingerprint density at radius 2 is 2.04 bits per heavy atom. The number of H-pyrrole nitrogens is 1. The highest BCUT2D eigenvalue weighted by Crippen LogP contribution is 2.20. The molecule has 2 heterocycles. The topological polar surface area (TPSA) is 89.7 Å². The number of nitrogens with one attached hydrogen (secondary N) is 2. The predicted octanol–water partition coefficient (Wildman–Crippen LogP) is 2.38. The maximum absolute atomic E-state index is 12.2. The Kier molecular flexibility index (Phi) is 5.79. The van der Waals surface area contributed by atoms with Crippen molar-refractivity contribution in [3.8, 4) is 0 Å². The van der Waals surface area contributed by atoms with Gasteiger partial charge in [0.05, 0.1) is 11.7 Å². The van der Waals surface area contributed by atoms with E-state index in [1.54, 1.807) is 27.7 Å². The van der Waals surface area contributed by atoms with Crippen molar-refractivity contribution >= 4 is 11.9 Å². The highest BCUT2D eigenvalue weighted by atomic mass is 16.8. The summed E-state index contributed by atoms with van der Waals surface area (Å²) in [7, 11) is 0. The van der Waals surface area contributed by atoms with E-state index in [0.717, 1.165) is 19.3 Å². The molecule has 128 valence electrons. The number of aryl methyl sites for hydroxylation is 1. The molecule has 1 atom stereocenters. The summed E-state index contributed by atoms with van der Waals surface area (Å²) < 4.78 is 10.6. The van der Waals surface area contributed by atoms with Gasteiger partial charge in [-0.3, -0.25) is 4.79 Å². The minimum Gasteiger partial charge on any atom is -0.459 e. The van der Waals surface area contributed by atoms with Crippen molar-refractivity contribution in [2.75, 3.05) is 6.61 Å². The Hall–Kier alpha value is -1.86. The highest BCUT2D eigenvalue weighted by molar-refractivity contribution is 6.00. The van der Waals surface area contributed by atoms with Gasteiger partial charge in [-0.2, -0.15) is 0 Å². The molecule has 2 rings (SSSR count). The second-order valence-electron chi connectivity index (χ2n) is 5.92. The van der Waals surface area contributed by atoms with Gasteiger partial charge in [0.15, 0.2) is 6.29 Å². The molecule has 7 nitrogen and oxygen atoms in total. The highest BCUT2D eigenvalue weighted by Gasteiger charge is 2.24. The van der Waals surface area contributed by atoms with Crippen LogP contribution in [-0.4, -0.2) is 35.9 Å². The van der Waals surface area contributed by atoms with E-state index in [1.807, 2.05) is 0 Å². The van der Waals surface area contributed by atoms with Crippen LogP contribution in [0.2, 0.25) is 0 Å². The van der Waals surface area contributed by atoms with E-state index >= 15 is 0 Å². The summed E-state index contributed by atoms with van der Waals surface area (Å²) in [6.07, 6.45) is 2.11. The van der Waals surface area contributed by atoms with Crippen molar-refractivity contribution in [1.29, 1.82) is 0 Å². The Labute approximate surface area is 135 Å². The molecule has 0 aromatic carbocycles. The quantitative estimate of drug-likeness (QED) is 0.641. The lowest BCUT2D eigenvalue weighted by Crippen LogP contribution is -2.33. The lowest BCUT2D eigenvalue weighted by Gasteiger charge is -2.22. The third-order valence-electron chi connectivity index (χ3n) is 3.63. The molecule has 7 heteroatoms. The van der Waals surface area contributed by atoms with E-state index < -0.39 is 18.2 Å². The SMILES string of the molecule is Cc1[nH]c(C(=O)NO[C@H]2CCCCO2)c(C)c1C(=O)OC(C)C. The van der Waals surface area contributed by atoms with Crippen LogP contribution in [0.5, 0.6) is 0 Å². The molecular weight excluding hydrogens is 300 g/mol. The van der Waals surface area contributed by atoms with Crippen LogP contribution in [0.4, 0.5) is 0 Å². The van der Waals surface area contributed by atoms with Crippen LogP contribution in [0.3, 0.4) is 0 Å². The third-order valence-corrected chi connectivity index (χ3v) is 3.63. The van der Waals surface area contributed by atoms with Crippen molar-refractivity contribution in [2.45, 2.75) is 59.4 Å². The van der Waals surface area contributed by atoms with E-state index in [2.05, 4.69) is 10.5 Å². The number of amides is 1. The van der Waals surface area contributed by atoms with E-state index in [-0.39, 0.29) is 11.8 Å². The van der Waals surface area contributed by atoms with E-state index in [0.29, 0.717) is 23.4 Å². The van der Waals surface area contributed by atoms with Gasteiger partial charge in [0.25, 0.3) is 5.91 Å². The Balaban J connectivity index is 2.04. The smallest absolute Gasteiger partial charge is 0.340 e. The zero-order valence-corrected chi connectivity index (χ0v) is 14.0. The zero-order chi connectivity index (χ0) is 17.0. The van der Waals surface area contributed by atoms with Gasteiger partial charge in [-0.25, -0.2) is 15.1 Å². The summed E-state index contributed by atoms with van der Waals surface area (Å²) in [6.45, 7) is 7.62. The molecule has 1 aromatic heterocycles. The molecule has 1 fully saturated rings. The molecule has 1 aromatic rings. The zero-order valence-electron chi connectivity index (χ0n) is 14.0. The molecule has 23 heavy (non-hydrogen) atoms. The van der Waals surface area contributed by atoms with Gasteiger partial charge >= 0.3 is 5.97 Å². The molecular formula is C16H24N2O5. The number of hydrogen-bond donors (Lipinski definition) is 2. The number of carbonyl (C=O) groups excluding carboxylic acids is 2. The fourth-order valence-electron chi connectivity index (χ4n) is 2.53. The van der Waals surface area contributed by atoms with Crippen LogP contribution in [0.15, 0.2) is 0 Å². The molecule has 1 aliphatic heterocycles. The molecule has 0 radical (unpaired) electrons. The summed E-state index contributed by atoms with van der Waals surface area (Å²) in [5.74, 6) is -0.884. The number of carbonyl (C=O) groups is 2. The third kappa shape index (κ3) is 4.33. The summed E-state index contributed by atoms with van der Waals surface area (Å²) in [6, 6.07) is 0. The first-order valence-corrected chi connectivity index (χ1v) is 7.88. The van der Waals surface area contributed by atoms with Gasteiger partial charge in [-0.15, -0.1) is 0 Å². The first-order valence-electron chi connectivity index (χ1n) is 7.88. The average Bonchev–Trinajstić information content (AvgIpc) is 2.80. The van der Waals surface area contributed by atoms with Gasteiger partial charge in [0.2, 0.25) is 0 Å². The largest absolute Gasteiger partial charge is 0.459 e. The van der Waals surface area contributed by atoms with Crippen LogP contribution in [0.25, 0.3) is 0 Å². The normalized spacial score (nSPS) is 18.0. The number of aromatic nitrogens is 1. The van der Waals surface area contributed by atoms with E-state index in [4.69, 9.17) is 14.3 Å². The lowest BCUT2D eigenvalue weighted by atomic mass is 10.1. The fourth-order valence-corrected chi connectivity index (χ4v) is 2.53. The molecule has 2 N–H and O–H groups in total. The number of esters is 1. The molecule has 1 aliphatic rings. The Morgan fingerprint density at radius 1 is 1.30 bits per heavy atom. The molecule has 1 amide bonds. The van der Waals surface area contributed by atoms with Crippen molar-refractivity contribution < 1.29 is 23.9 Å². The monoisotopic (exact) mass is 324 g/mol. The number of aromatic amines is 1. The molecule has 0 aliphatic carbocycles. The van der Waals surface area contributed by atoms with E-state index in [1.165, 1.54) is 0 Å². The maximum Gasteiger partial charge on any atom is 0.340 e. The molecule has 0 saturated carbocycles. The van der Waals surface area contributed by atoms with Crippen molar-refractivity contribution in [3.05, 3.63) is 22.5 Å². The fraction of sp³-hybridized carbons (Fsp3) is 0.625. The Bertz CT molecular complexity index is 573. The van der Waals surface area contributed by atoms with Crippen molar-refractivity contribution in [1.82, 2.24) is 10.5 Å².